The maximum atomic E-state index is 12.0. The Hall–Kier alpha value is -1.76. The van der Waals surface area contributed by atoms with Crippen LogP contribution in [0.5, 0.6) is 11.5 Å². The van der Waals surface area contributed by atoms with Gasteiger partial charge in [-0.25, -0.2) is 0 Å². The molecule has 110 valence electrons. The maximum Gasteiger partial charge on any atom is 0.308 e. The van der Waals surface area contributed by atoms with Gasteiger partial charge in [0.25, 0.3) is 5.91 Å². The summed E-state index contributed by atoms with van der Waals surface area (Å²) in [5.74, 6) is -1.08. The SMILES string of the molecule is COc1cc(C(=O)NC[C@H](C)C(=O)O)cc(OC)c1Br. The van der Waals surface area contributed by atoms with Gasteiger partial charge in [-0.2, -0.15) is 0 Å². The molecule has 1 aromatic carbocycles. The van der Waals surface area contributed by atoms with E-state index in [0.29, 0.717) is 21.5 Å². The second kappa shape index (κ2) is 7.14. The first kappa shape index (κ1) is 16.3. The van der Waals surface area contributed by atoms with Crippen LogP contribution in [0, 0.1) is 5.92 Å². The summed E-state index contributed by atoms with van der Waals surface area (Å²) in [5.41, 5.74) is 0.333. The molecule has 0 bridgehead atoms. The molecule has 0 aliphatic carbocycles. The first-order valence-corrected chi connectivity index (χ1v) is 6.62. The fourth-order valence-electron chi connectivity index (χ4n) is 1.44. The van der Waals surface area contributed by atoms with Gasteiger partial charge in [-0.1, -0.05) is 6.92 Å². The number of aliphatic carboxylic acids is 1. The largest absolute Gasteiger partial charge is 0.495 e. The zero-order valence-corrected chi connectivity index (χ0v) is 13.0. The molecule has 7 heteroatoms. The second-order valence-electron chi connectivity index (χ2n) is 4.14. The standard InChI is InChI=1S/C13H16BrNO5/c1-7(13(17)18)6-15-12(16)8-4-9(19-2)11(14)10(5-8)20-3/h4-5,7H,6H2,1-3H3,(H,15,16)(H,17,18)/t7-/m0/s1. The molecule has 1 aromatic rings. The van der Waals surface area contributed by atoms with Crippen molar-refractivity contribution in [3.63, 3.8) is 0 Å². The van der Waals surface area contributed by atoms with Crippen molar-refractivity contribution in [3.05, 3.63) is 22.2 Å². The van der Waals surface area contributed by atoms with Crippen LogP contribution in [0.1, 0.15) is 17.3 Å². The average molecular weight is 346 g/mol. The minimum Gasteiger partial charge on any atom is -0.495 e. The summed E-state index contributed by atoms with van der Waals surface area (Å²) in [6.45, 7) is 1.57. The predicted octanol–water partition coefficient (Wildman–Crippen LogP) is 1.92. The summed E-state index contributed by atoms with van der Waals surface area (Å²) in [4.78, 5) is 22.7. The molecule has 0 saturated heterocycles. The number of halogens is 1. The highest BCUT2D eigenvalue weighted by atomic mass is 79.9. The Balaban J connectivity index is 2.90. The molecule has 2 N–H and O–H groups in total. The highest BCUT2D eigenvalue weighted by Gasteiger charge is 2.16. The smallest absolute Gasteiger partial charge is 0.308 e. The van der Waals surface area contributed by atoms with Gasteiger partial charge in [0.05, 0.1) is 20.1 Å². The lowest BCUT2D eigenvalue weighted by Crippen LogP contribution is -2.31. The van der Waals surface area contributed by atoms with Gasteiger partial charge in [0.15, 0.2) is 0 Å². The molecule has 1 amide bonds. The van der Waals surface area contributed by atoms with Crippen LogP contribution in [0.4, 0.5) is 0 Å². The third-order valence-electron chi connectivity index (χ3n) is 2.70. The van der Waals surface area contributed by atoms with Crippen molar-refractivity contribution in [2.24, 2.45) is 5.92 Å². The van der Waals surface area contributed by atoms with Gasteiger partial charge in [-0.15, -0.1) is 0 Å². The Kier molecular flexibility index (Phi) is 5.82. The van der Waals surface area contributed by atoms with Gasteiger partial charge in [-0.3, -0.25) is 9.59 Å². The molecule has 0 spiro atoms. The lowest BCUT2D eigenvalue weighted by molar-refractivity contribution is -0.140. The van der Waals surface area contributed by atoms with Crippen molar-refractivity contribution in [1.29, 1.82) is 0 Å². The molecule has 0 aromatic heterocycles. The van der Waals surface area contributed by atoms with Crippen molar-refractivity contribution in [2.75, 3.05) is 20.8 Å². The molecule has 20 heavy (non-hydrogen) atoms. The number of carboxylic acid groups (broad SMARTS) is 1. The quantitative estimate of drug-likeness (QED) is 0.822. The molecule has 0 heterocycles. The monoisotopic (exact) mass is 345 g/mol. The number of benzene rings is 1. The van der Waals surface area contributed by atoms with Gasteiger partial charge < -0.3 is 19.9 Å². The zero-order valence-electron chi connectivity index (χ0n) is 11.4. The first-order valence-electron chi connectivity index (χ1n) is 5.83. The molecule has 0 saturated carbocycles. The van der Waals surface area contributed by atoms with Crippen molar-refractivity contribution in [2.45, 2.75) is 6.92 Å². The number of carbonyl (C=O) groups excluding carboxylic acids is 1. The van der Waals surface area contributed by atoms with E-state index in [1.165, 1.54) is 21.1 Å². The van der Waals surface area contributed by atoms with Crippen LogP contribution in [0.2, 0.25) is 0 Å². The summed E-state index contributed by atoms with van der Waals surface area (Å²) < 4.78 is 10.9. The number of nitrogens with one attached hydrogen (secondary N) is 1. The summed E-state index contributed by atoms with van der Waals surface area (Å²) in [7, 11) is 2.96. The predicted molar refractivity (Wildman–Crippen MR) is 76.4 cm³/mol. The number of hydrogen-bond acceptors (Lipinski definition) is 4. The molecule has 1 atom stereocenters. The summed E-state index contributed by atoms with van der Waals surface area (Å²) >= 11 is 3.31. The van der Waals surface area contributed by atoms with E-state index in [-0.39, 0.29) is 12.5 Å². The van der Waals surface area contributed by atoms with E-state index in [9.17, 15) is 9.59 Å². The number of rotatable bonds is 6. The molecule has 6 nitrogen and oxygen atoms in total. The number of hydrogen-bond donors (Lipinski definition) is 2. The van der Waals surface area contributed by atoms with Gasteiger partial charge in [0.2, 0.25) is 0 Å². The minimum atomic E-state index is -0.962. The number of methoxy groups -OCH3 is 2. The Morgan fingerprint density at radius 2 is 1.80 bits per heavy atom. The molecule has 0 aliphatic rings. The molecule has 0 fully saturated rings. The lowest BCUT2D eigenvalue weighted by Gasteiger charge is -2.12. The normalized spacial score (nSPS) is 11.6. The van der Waals surface area contributed by atoms with Crippen molar-refractivity contribution in [3.8, 4) is 11.5 Å². The number of carboxylic acids is 1. The van der Waals surface area contributed by atoms with Crippen LogP contribution in [0.15, 0.2) is 16.6 Å². The van der Waals surface area contributed by atoms with Crippen LogP contribution in [-0.4, -0.2) is 37.7 Å². The molecule has 0 aliphatic heterocycles. The van der Waals surface area contributed by atoms with Crippen molar-refractivity contribution in [1.82, 2.24) is 5.32 Å². The maximum absolute atomic E-state index is 12.0. The van der Waals surface area contributed by atoms with E-state index < -0.39 is 11.9 Å². The van der Waals surface area contributed by atoms with Crippen LogP contribution in [0.25, 0.3) is 0 Å². The van der Waals surface area contributed by atoms with Crippen molar-refractivity contribution < 1.29 is 24.2 Å². The molecule has 1 rings (SSSR count). The topological polar surface area (TPSA) is 84.9 Å². The van der Waals surface area contributed by atoms with Gasteiger partial charge in [0.1, 0.15) is 16.0 Å². The summed E-state index contributed by atoms with van der Waals surface area (Å²) in [6.07, 6.45) is 0. The number of carbonyl (C=O) groups is 2. The van der Waals surface area contributed by atoms with Crippen LogP contribution in [-0.2, 0) is 4.79 Å². The Bertz CT molecular complexity index is 492. The highest BCUT2D eigenvalue weighted by molar-refractivity contribution is 9.10. The van der Waals surface area contributed by atoms with E-state index in [4.69, 9.17) is 14.6 Å². The number of ether oxygens (including phenoxy) is 2. The Labute approximate surface area is 125 Å². The van der Waals surface area contributed by atoms with Crippen LogP contribution < -0.4 is 14.8 Å². The zero-order chi connectivity index (χ0) is 15.3. The fraction of sp³-hybridized carbons (Fsp3) is 0.385. The van der Waals surface area contributed by atoms with E-state index >= 15 is 0 Å². The lowest BCUT2D eigenvalue weighted by atomic mass is 10.1. The highest BCUT2D eigenvalue weighted by Crippen LogP contribution is 2.35. The summed E-state index contributed by atoms with van der Waals surface area (Å²) in [5, 5.41) is 11.3. The third-order valence-corrected chi connectivity index (χ3v) is 3.48. The average Bonchev–Trinajstić information content (AvgIpc) is 2.44. The summed E-state index contributed by atoms with van der Waals surface area (Å²) in [6, 6.07) is 3.10. The molecule has 0 unspecified atom stereocenters. The van der Waals surface area contributed by atoms with E-state index in [0.717, 1.165) is 0 Å². The van der Waals surface area contributed by atoms with Crippen molar-refractivity contribution >= 4 is 27.8 Å². The van der Waals surface area contributed by atoms with Crippen LogP contribution in [0.3, 0.4) is 0 Å². The molecule has 0 radical (unpaired) electrons. The number of amides is 1. The molecular weight excluding hydrogens is 330 g/mol. The Morgan fingerprint density at radius 1 is 1.30 bits per heavy atom. The Morgan fingerprint density at radius 3 is 2.20 bits per heavy atom. The fourth-order valence-corrected chi connectivity index (χ4v) is 1.99. The van der Waals surface area contributed by atoms with E-state index in [1.807, 2.05) is 0 Å². The minimum absolute atomic E-state index is 0.0505. The molecular formula is C13H16BrNO5. The van der Waals surface area contributed by atoms with Gasteiger partial charge in [-0.05, 0) is 28.1 Å². The van der Waals surface area contributed by atoms with E-state index in [1.54, 1.807) is 12.1 Å². The van der Waals surface area contributed by atoms with Gasteiger partial charge >= 0.3 is 5.97 Å². The third kappa shape index (κ3) is 3.86. The first-order chi connectivity index (χ1) is 9.40. The second-order valence-corrected chi connectivity index (χ2v) is 4.94. The van der Waals surface area contributed by atoms with Gasteiger partial charge in [0, 0.05) is 12.1 Å². The van der Waals surface area contributed by atoms with E-state index in [2.05, 4.69) is 21.2 Å². The van der Waals surface area contributed by atoms with Crippen LogP contribution >= 0.6 is 15.9 Å².